The van der Waals surface area contributed by atoms with Crippen LogP contribution >= 0.6 is 15.9 Å². The minimum Gasteiger partial charge on any atom is -0.376 e. The number of nitrogens with zero attached hydrogens (tertiary/aromatic N) is 1. The van der Waals surface area contributed by atoms with Gasteiger partial charge in [-0.25, -0.2) is 17.1 Å². The van der Waals surface area contributed by atoms with Crippen molar-refractivity contribution in [1.82, 2.24) is 4.31 Å². The zero-order chi connectivity index (χ0) is 20.7. The van der Waals surface area contributed by atoms with Crippen LogP contribution in [0.2, 0.25) is 0 Å². The molecule has 2 aromatic carbocycles. The number of hydrogen-bond acceptors (Lipinski definition) is 4. The first-order valence-electron chi connectivity index (χ1n) is 8.79. The zero-order valence-corrected chi connectivity index (χ0v) is 18.1. The Morgan fingerprint density at radius 1 is 1.18 bits per heavy atom. The Balaban J connectivity index is 1.94. The van der Waals surface area contributed by atoms with E-state index in [1.807, 2.05) is 6.92 Å². The van der Waals surface area contributed by atoms with Crippen molar-refractivity contribution in [3.8, 4) is 0 Å². The molecule has 2 N–H and O–H groups in total. The maximum Gasteiger partial charge on any atom is 0.243 e. The summed E-state index contributed by atoms with van der Waals surface area (Å²) in [4.78, 5) is 12.2. The highest BCUT2D eigenvalue weighted by molar-refractivity contribution is 9.10. The Bertz CT molecular complexity index is 921. The van der Waals surface area contributed by atoms with Gasteiger partial charge in [-0.15, -0.1) is 0 Å². The highest BCUT2D eigenvalue weighted by atomic mass is 79.9. The van der Waals surface area contributed by atoms with E-state index in [-0.39, 0.29) is 17.1 Å². The minimum atomic E-state index is -3.53. The molecule has 152 valence electrons. The van der Waals surface area contributed by atoms with Gasteiger partial charge in [-0.1, -0.05) is 29.3 Å². The molecular formula is C19H23BrFN3O3S. The molecule has 0 fully saturated rings. The number of amides is 1. The van der Waals surface area contributed by atoms with Crippen LogP contribution in [-0.4, -0.2) is 38.8 Å². The molecule has 0 saturated carbocycles. The van der Waals surface area contributed by atoms with Crippen molar-refractivity contribution < 1.29 is 17.6 Å². The van der Waals surface area contributed by atoms with Gasteiger partial charge in [0.2, 0.25) is 15.9 Å². The fourth-order valence-electron chi connectivity index (χ4n) is 2.39. The average molecular weight is 472 g/mol. The Morgan fingerprint density at radius 2 is 1.86 bits per heavy atom. The van der Waals surface area contributed by atoms with Gasteiger partial charge in [0, 0.05) is 23.8 Å². The Morgan fingerprint density at radius 3 is 2.46 bits per heavy atom. The molecule has 1 amide bonds. The molecular weight excluding hydrogens is 449 g/mol. The van der Waals surface area contributed by atoms with Crippen LogP contribution in [0.3, 0.4) is 0 Å². The van der Waals surface area contributed by atoms with Crippen LogP contribution in [0.5, 0.6) is 0 Å². The molecule has 0 unspecified atom stereocenters. The lowest BCUT2D eigenvalue weighted by molar-refractivity contribution is -0.114. The lowest BCUT2D eigenvalue weighted by Gasteiger charge is -2.17. The molecule has 0 saturated heterocycles. The van der Waals surface area contributed by atoms with Crippen LogP contribution in [0.25, 0.3) is 0 Å². The summed E-state index contributed by atoms with van der Waals surface area (Å²) in [5.74, 6) is -0.957. The molecule has 0 bridgehead atoms. The van der Waals surface area contributed by atoms with Crippen LogP contribution in [0.15, 0.2) is 51.8 Å². The Labute approximate surface area is 173 Å². The van der Waals surface area contributed by atoms with Crippen LogP contribution in [-0.2, 0) is 14.8 Å². The van der Waals surface area contributed by atoms with Crippen molar-refractivity contribution in [3.05, 3.63) is 52.8 Å². The zero-order valence-electron chi connectivity index (χ0n) is 15.7. The molecule has 2 aromatic rings. The molecule has 0 heterocycles. The second-order valence-electron chi connectivity index (χ2n) is 6.23. The summed E-state index contributed by atoms with van der Waals surface area (Å²) in [5, 5.41) is 5.36. The summed E-state index contributed by atoms with van der Waals surface area (Å²) >= 11 is 3.15. The van der Waals surface area contributed by atoms with Gasteiger partial charge in [0.1, 0.15) is 5.82 Å². The number of halogens is 2. The largest absolute Gasteiger partial charge is 0.376 e. The number of carbonyl (C=O) groups is 1. The van der Waals surface area contributed by atoms with Crippen molar-refractivity contribution in [3.63, 3.8) is 0 Å². The summed E-state index contributed by atoms with van der Waals surface area (Å²) in [6, 6.07) is 10.5. The predicted octanol–water partition coefficient (Wildman–Crippen LogP) is 4.06. The standard InChI is InChI=1S/C19H23BrFN3O3S/c1-3-4-11-24(2)28(26,27)16-8-6-15(7-9-16)22-13-19(25)23-18-10-5-14(20)12-17(18)21/h5-10,12,22H,3-4,11,13H2,1-2H3,(H,23,25). The van der Waals surface area contributed by atoms with E-state index in [1.54, 1.807) is 25.2 Å². The minimum absolute atomic E-state index is 0.0853. The molecule has 0 radical (unpaired) electrons. The molecule has 6 nitrogen and oxygen atoms in total. The Hall–Kier alpha value is -1.97. The van der Waals surface area contributed by atoms with Crippen molar-refractivity contribution in [2.24, 2.45) is 0 Å². The quantitative estimate of drug-likeness (QED) is 0.577. The van der Waals surface area contributed by atoms with Gasteiger partial charge < -0.3 is 10.6 Å². The number of nitrogens with one attached hydrogen (secondary N) is 2. The van der Waals surface area contributed by atoms with Gasteiger partial charge in [-0.2, -0.15) is 0 Å². The topological polar surface area (TPSA) is 78.5 Å². The maximum atomic E-state index is 13.7. The van der Waals surface area contributed by atoms with Gasteiger partial charge in [0.15, 0.2) is 0 Å². The number of unbranched alkanes of at least 4 members (excludes halogenated alkanes) is 1. The van der Waals surface area contributed by atoms with E-state index in [0.717, 1.165) is 12.8 Å². The molecule has 9 heteroatoms. The van der Waals surface area contributed by atoms with Gasteiger partial charge in [0.05, 0.1) is 17.1 Å². The highest BCUT2D eigenvalue weighted by Gasteiger charge is 2.19. The molecule has 0 aliphatic carbocycles. The van der Waals surface area contributed by atoms with Gasteiger partial charge in [-0.3, -0.25) is 4.79 Å². The highest BCUT2D eigenvalue weighted by Crippen LogP contribution is 2.20. The van der Waals surface area contributed by atoms with Gasteiger partial charge in [-0.05, 0) is 48.9 Å². The van der Waals surface area contributed by atoms with Crippen molar-refractivity contribution >= 4 is 43.2 Å². The summed E-state index contributed by atoms with van der Waals surface area (Å²) in [6.45, 7) is 2.38. The van der Waals surface area contributed by atoms with Crippen molar-refractivity contribution in [2.75, 3.05) is 30.8 Å². The van der Waals surface area contributed by atoms with Gasteiger partial charge in [0.25, 0.3) is 0 Å². The lowest BCUT2D eigenvalue weighted by atomic mass is 10.3. The number of sulfonamides is 1. The van der Waals surface area contributed by atoms with E-state index in [0.29, 0.717) is 16.7 Å². The summed E-state index contributed by atoms with van der Waals surface area (Å²) in [7, 11) is -1.97. The third-order valence-electron chi connectivity index (χ3n) is 4.05. The van der Waals surface area contributed by atoms with Crippen LogP contribution in [0, 0.1) is 5.82 Å². The normalized spacial score (nSPS) is 11.5. The fourth-order valence-corrected chi connectivity index (χ4v) is 3.94. The summed E-state index contributed by atoms with van der Waals surface area (Å²) < 4.78 is 40.6. The first-order chi connectivity index (χ1) is 13.2. The summed E-state index contributed by atoms with van der Waals surface area (Å²) in [5.41, 5.74) is 0.674. The number of anilines is 2. The van der Waals surface area contributed by atoms with Crippen LogP contribution < -0.4 is 10.6 Å². The van der Waals surface area contributed by atoms with E-state index in [4.69, 9.17) is 0 Å². The monoisotopic (exact) mass is 471 g/mol. The van der Waals surface area contributed by atoms with E-state index < -0.39 is 21.7 Å². The maximum absolute atomic E-state index is 13.7. The summed E-state index contributed by atoms with van der Waals surface area (Å²) in [6.07, 6.45) is 1.71. The number of rotatable bonds is 9. The molecule has 0 aliphatic heterocycles. The predicted molar refractivity (Wildman–Crippen MR) is 112 cm³/mol. The molecule has 0 aliphatic rings. The smallest absolute Gasteiger partial charge is 0.243 e. The number of benzene rings is 2. The average Bonchev–Trinajstić information content (AvgIpc) is 2.67. The van der Waals surface area contributed by atoms with Crippen molar-refractivity contribution in [1.29, 1.82) is 0 Å². The fraction of sp³-hybridized carbons (Fsp3) is 0.316. The third-order valence-corrected chi connectivity index (χ3v) is 6.41. The molecule has 2 rings (SSSR count). The second-order valence-corrected chi connectivity index (χ2v) is 9.19. The number of carbonyl (C=O) groups excluding carboxylic acids is 1. The SMILES string of the molecule is CCCCN(C)S(=O)(=O)c1ccc(NCC(=O)Nc2ccc(Br)cc2F)cc1. The first kappa shape index (κ1) is 22.3. The lowest BCUT2D eigenvalue weighted by Crippen LogP contribution is -2.28. The van der Waals surface area contributed by atoms with E-state index >= 15 is 0 Å². The van der Waals surface area contributed by atoms with Crippen LogP contribution in [0.1, 0.15) is 19.8 Å². The second kappa shape index (κ2) is 9.99. The third kappa shape index (κ3) is 6.02. The number of hydrogen-bond donors (Lipinski definition) is 2. The van der Waals surface area contributed by atoms with Crippen LogP contribution in [0.4, 0.5) is 15.8 Å². The molecule has 28 heavy (non-hydrogen) atoms. The van der Waals surface area contributed by atoms with E-state index in [2.05, 4.69) is 26.6 Å². The van der Waals surface area contributed by atoms with Crippen molar-refractivity contribution in [2.45, 2.75) is 24.7 Å². The molecule has 0 spiro atoms. The Kier molecular flexibility index (Phi) is 7.97. The molecule has 0 atom stereocenters. The van der Waals surface area contributed by atoms with Gasteiger partial charge >= 0.3 is 0 Å². The first-order valence-corrected chi connectivity index (χ1v) is 11.0. The molecule has 0 aromatic heterocycles. The van der Waals surface area contributed by atoms with E-state index in [1.165, 1.54) is 28.6 Å². The van der Waals surface area contributed by atoms with E-state index in [9.17, 15) is 17.6 Å².